The highest BCUT2D eigenvalue weighted by molar-refractivity contribution is 14.1. The molecule has 1 aliphatic carbocycles. The van der Waals surface area contributed by atoms with E-state index in [2.05, 4.69) is 41.8 Å². The maximum Gasteiger partial charge on any atom is 0.336 e. The van der Waals surface area contributed by atoms with Crippen LogP contribution in [0, 0.1) is 8.99 Å². The number of carbonyl (C=O) groups excluding carboxylic acids is 2. The van der Waals surface area contributed by atoms with E-state index in [-0.39, 0.29) is 23.1 Å². The predicted octanol–water partition coefficient (Wildman–Crippen LogP) is 4.46. The number of carbonyl (C=O) groups is 2. The van der Waals surface area contributed by atoms with E-state index in [1.165, 1.54) is 0 Å². The SMILES string of the molecule is CCOC(=O)C1=C(C)NC2=C(C(=O)CC(C)(C)C2)[C@H]1c1ccc(I)cc1. The van der Waals surface area contributed by atoms with E-state index in [1.54, 1.807) is 6.92 Å². The highest BCUT2D eigenvalue weighted by Crippen LogP contribution is 2.46. The number of benzene rings is 1. The maximum atomic E-state index is 13.1. The fourth-order valence-corrected chi connectivity index (χ4v) is 4.26. The molecule has 3 rings (SSSR count). The number of hydrogen-bond acceptors (Lipinski definition) is 4. The largest absolute Gasteiger partial charge is 0.463 e. The van der Waals surface area contributed by atoms with Crippen LogP contribution in [0.1, 0.15) is 52.0 Å². The zero-order valence-electron chi connectivity index (χ0n) is 15.6. The van der Waals surface area contributed by atoms with E-state index < -0.39 is 0 Å². The number of esters is 1. The van der Waals surface area contributed by atoms with Gasteiger partial charge in [0.15, 0.2) is 5.78 Å². The van der Waals surface area contributed by atoms with Gasteiger partial charge in [-0.15, -0.1) is 0 Å². The molecule has 1 N–H and O–H groups in total. The quantitative estimate of drug-likeness (QED) is 0.529. The first-order valence-electron chi connectivity index (χ1n) is 8.90. The van der Waals surface area contributed by atoms with Crippen molar-refractivity contribution in [3.63, 3.8) is 0 Å². The average molecular weight is 465 g/mol. The molecule has 0 unspecified atom stereocenters. The molecular formula is C21H24INO3. The summed E-state index contributed by atoms with van der Waals surface area (Å²) in [6, 6.07) is 8.02. The molecule has 0 fully saturated rings. The van der Waals surface area contributed by atoms with Crippen LogP contribution in [-0.2, 0) is 14.3 Å². The van der Waals surface area contributed by atoms with Gasteiger partial charge in [0.2, 0.25) is 0 Å². The molecule has 2 aliphatic rings. The third-order valence-electron chi connectivity index (χ3n) is 4.94. The van der Waals surface area contributed by atoms with E-state index >= 15 is 0 Å². The summed E-state index contributed by atoms with van der Waals surface area (Å²) < 4.78 is 6.43. The molecule has 1 aromatic carbocycles. The normalized spacial score (nSPS) is 22.0. The predicted molar refractivity (Wildman–Crippen MR) is 109 cm³/mol. The molecule has 4 nitrogen and oxygen atoms in total. The maximum absolute atomic E-state index is 13.1. The van der Waals surface area contributed by atoms with Crippen LogP contribution in [0.25, 0.3) is 0 Å². The molecule has 26 heavy (non-hydrogen) atoms. The van der Waals surface area contributed by atoms with Crippen molar-refractivity contribution in [3.8, 4) is 0 Å². The van der Waals surface area contributed by atoms with Crippen molar-refractivity contribution in [2.45, 2.75) is 46.5 Å². The molecule has 5 heteroatoms. The Hall–Kier alpha value is -1.63. The minimum absolute atomic E-state index is 0.0821. The van der Waals surface area contributed by atoms with Gasteiger partial charge in [0, 0.05) is 32.9 Å². The van der Waals surface area contributed by atoms with Crippen LogP contribution in [0.15, 0.2) is 46.8 Å². The first-order valence-corrected chi connectivity index (χ1v) is 9.98. The number of ether oxygens (including phenoxy) is 1. The summed E-state index contributed by atoms with van der Waals surface area (Å²) in [5.74, 6) is -0.613. The Morgan fingerprint density at radius 1 is 1.27 bits per heavy atom. The van der Waals surface area contributed by atoms with Crippen molar-refractivity contribution in [1.29, 1.82) is 0 Å². The minimum atomic E-state index is -0.370. The van der Waals surface area contributed by atoms with E-state index in [1.807, 2.05) is 31.2 Å². The standard InChI is InChI=1S/C21H24INO3/c1-5-26-20(25)17-12(2)23-15-10-21(3,4)11-16(24)19(15)18(17)13-6-8-14(22)9-7-13/h6-9,18,23H,5,10-11H2,1-4H3/t18-/m0/s1. The monoisotopic (exact) mass is 465 g/mol. The second kappa shape index (κ2) is 7.18. The molecule has 1 aromatic rings. The van der Waals surface area contributed by atoms with Crippen molar-refractivity contribution in [2.24, 2.45) is 5.41 Å². The third kappa shape index (κ3) is 3.59. The van der Waals surface area contributed by atoms with Gasteiger partial charge >= 0.3 is 5.97 Å². The molecule has 1 atom stereocenters. The summed E-state index contributed by atoms with van der Waals surface area (Å²) in [5.41, 5.74) is 3.85. The number of dihydropyridines is 1. The second-order valence-corrected chi connectivity index (χ2v) is 8.95. The molecule has 0 saturated carbocycles. The summed E-state index contributed by atoms with van der Waals surface area (Å²) in [6.07, 6.45) is 1.28. The van der Waals surface area contributed by atoms with Gasteiger partial charge in [-0.3, -0.25) is 4.79 Å². The highest BCUT2D eigenvalue weighted by atomic mass is 127. The third-order valence-corrected chi connectivity index (χ3v) is 5.66. The summed E-state index contributed by atoms with van der Waals surface area (Å²) in [5, 5.41) is 3.34. The lowest BCUT2D eigenvalue weighted by atomic mass is 9.68. The molecule has 138 valence electrons. The fraction of sp³-hybridized carbons (Fsp3) is 0.429. The van der Waals surface area contributed by atoms with Gasteiger partial charge < -0.3 is 10.1 Å². The van der Waals surface area contributed by atoms with Crippen molar-refractivity contribution < 1.29 is 14.3 Å². The fourth-order valence-electron chi connectivity index (χ4n) is 3.90. The van der Waals surface area contributed by atoms with Crippen LogP contribution in [-0.4, -0.2) is 18.4 Å². The van der Waals surface area contributed by atoms with Gasteiger partial charge in [0.25, 0.3) is 0 Å². The molecular weight excluding hydrogens is 441 g/mol. The molecule has 1 heterocycles. The van der Waals surface area contributed by atoms with Gasteiger partial charge in [-0.05, 0) is 66.0 Å². The Kier molecular flexibility index (Phi) is 5.28. The Morgan fingerprint density at radius 3 is 2.54 bits per heavy atom. The Balaban J connectivity index is 2.17. The summed E-state index contributed by atoms with van der Waals surface area (Å²) in [4.78, 5) is 25.8. The van der Waals surface area contributed by atoms with Gasteiger partial charge in [-0.2, -0.15) is 0 Å². The van der Waals surface area contributed by atoms with E-state index in [4.69, 9.17) is 4.74 Å². The molecule has 1 aliphatic heterocycles. The van der Waals surface area contributed by atoms with Gasteiger partial charge in [-0.25, -0.2) is 4.79 Å². The summed E-state index contributed by atoms with van der Waals surface area (Å²) >= 11 is 2.25. The zero-order chi connectivity index (χ0) is 19.1. The number of nitrogens with one attached hydrogen (secondary N) is 1. The van der Waals surface area contributed by atoms with E-state index in [0.717, 1.165) is 32.5 Å². The molecule has 0 amide bonds. The van der Waals surface area contributed by atoms with Crippen LogP contribution in [0.2, 0.25) is 0 Å². The molecule has 0 radical (unpaired) electrons. The number of rotatable bonds is 3. The number of allylic oxidation sites excluding steroid dienone is 3. The summed E-state index contributed by atoms with van der Waals surface area (Å²) in [7, 11) is 0. The van der Waals surface area contributed by atoms with E-state index in [9.17, 15) is 9.59 Å². The lowest BCUT2D eigenvalue weighted by molar-refractivity contribution is -0.138. The lowest BCUT2D eigenvalue weighted by Gasteiger charge is -2.39. The van der Waals surface area contributed by atoms with Crippen LogP contribution < -0.4 is 5.32 Å². The van der Waals surface area contributed by atoms with Crippen molar-refractivity contribution in [1.82, 2.24) is 5.32 Å². The number of Topliss-reactive ketones (excluding diaryl/α,β-unsaturated/α-hetero) is 1. The van der Waals surface area contributed by atoms with Gasteiger partial charge in [-0.1, -0.05) is 26.0 Å². The topological polar surface area (TPSA) is 55.4 Å². The van der Waals surface area contributed by atoms with Gasteiger partial charge in [0.1, 0.15) is 0 Å². The van der Waals surface area contributed by atoms with Crippen LogP contribution in [0.3, 0.4) is 0 Å². The Morgan fingerprint density at radius 2 is 1.92 bits per heavy atom. The second-order valence-electron chi connectivity index (χ2n) is 7.70. The van der Waals surface area contributed by atoms with E-state index in [0.29, 0.717) is 18.6 Å². The molecule has 0 aromatic heterocycles. The van der Waals surface area contributed by atoms with Crippen molar-refractivity contribution in [3.05, 3.63) is 55.9 Å². The molecule has 0 bridgehead atoms. The number of hydrogen-bond donors (Lipinski definition) is 1. The van der Waals surface area contributed by atoms with Crippen LogP contribution >= 0.6 is 22.6 Å². The Labute approximate surface area is 168 Å². The first kappa shape index (κ1) is 19.1. The minimum Gasteiger partial charge on any atom is -0.463 e. The summed E-state index contributed by atoms with van der Waals surface area (Å²) in [6.45, 7) is 8.21. The molecule has 0 spiro atoms. The Bertz CT molecular complexity index is 818. The molecule has 0 saturated heterocycles. The lowest BCUT2D eigenvalue weighted by Crippen LogP contribution is -2.38. The smallest absolute Gasteiger partial charge is 0.336 e. The average Bonchev–Trinajstić information content (AvgIpc) is 2.53. The van der Waals surface area contributed by atoms with Gasteiger partial charge in [0.05, 0.1) is 12.2 Å². The van der Waals surface area contributed by atoms with Crippen LogP contribution in [0.4, 0.5) is 0 Å². The number of ketones is 1. The van der Waals surface area contributed by atoms with Crippen LogP contribution in [0.5, 0.6) is 0 Å². The number of halogens is 1. The van der Waals surface area contributed by atoms with Crippen molar-refractivity contribution in [2.75, 3.05) is 6.61 Å². The zero-order valence-corrected chi connectivity index (χ0v) is 17.8. The highest BCUT2D eigenvalue weighted by Gasteiger charge is 2.43. The first-order chi connectivity index (χ1) is 12.2. The van der Waals surface area contributed by atoms with Crippen molar-refractivity contribution >= 4 is 34.3 Å².